The number of aromatic carboxylic acids is 1. The number of carbonyl (C=O) groups is 1. The third kappa shape index (κ3) is 3.52. The molecule has 0 bridgehead atoms. The van der Waals surface area contributed by atoms with Crippen molar-refractivity contribution in [3.8, 4) is 11.5 Å². The molecule has 2 rings (SSSR count). The first-order valence-corrected chi connectivity index (χ1v) is 6.79. The van der Waals surface area contributed by atoms with Crippen LogP contribution in [0.3, 0.4) is 0 Å². The minimum Gasteiger partial charge on any atom is -0.497 e. The van der Waals surface area contributed by atoms with Gasteiger partial charge in [-0.2, -0.15) is 0 Å². The van der Waals surface area contributed by atoms with E-state index in [2.05, 4.69) is 15.9 Å². The summed E-state index contributed by atoms with van der Waals surface area (Å²) in [5, 5.41) is 8.87. The summed E-state index contributed by atoms with van der Waals surface area (Å²) < 4.78 is 25.2. The molecule has 0 amide bonds. The molecule has 0 aromatic heterocycles. The number of benzene rings is 2. The molecule has 0 saturated carbocycles. The van der Waals surface area contributed by atoms with Gasteiger partial charge in [-0.3, -0.25) is 0 Å². The minimum absolute atomic E-state index is 0.0715. The van der Waals surface area contributed by atoms with Crippen LogP contribution in [0.1, 0.15) is 15.9 Å². The van der Waals surface area contributed by atoms with Crippen molar-refractivity contribution < 1.29 is 23.8 Å². The predicted octanol–water partition coefficient (Wildman–Crippen LogP) is 3.87. The Morgan fingerprint density at radius 3 is 2.71 bits per heavy atom. The number of hydrogen-bond acceptors (Lipinski definition) is 3. The third-order valence-electron chi connectivity index (χ3n) is 2.83. The minimum atomic E-state index is -1.31. The molecule has 0 aliphatic heterocycles. The van der Waals surface area contributed by atoms with Gasteiger partial charge in [-0.25, -0.2) is 9.18 Å². The van der Waals surface area contributed by atoms with Crippen LogP contribution < -0.4 is 9.47 Å². The van der Waals surface area contributed by atoms with E-state index in [1.807, 2.05) is 0 Å². The van der Waals surface area contributed by atoms with E-state index in [-0.39, 0.29) is 17.7 Å². The van der Waals surface area contributed by atoms with E-state index in [1.54, 1.807) is 25.3 Å². The molecule has 0 atom stereocenters. The van der Waals surface area contributed by atoms with Crippen molar-refractivity contribution >= 4 is 21.9 Å². The number of halogens is 2. The van der Waals surface area contributed by atoms with E-state index in [0.717, 1.165) is 0 Å². The number of carboxylic acids is 1. The lowest BCUT2D eigenvalue weighted by atomic mass is 10.1. The average molecular weight is 355 g/mol. The quantitative estimate of drug-likeness (QED) is 0.885. The van der Waals surface area contributed by atoms with Crippen molar-refractivity contribution in [3.63, 3.8) is 0 Å². The molecule has 110 valence electrons. The molecular weight excluding hydrogens is 343 g/mol. The van der Waals surface area contributed by atoms with Crippen LogP contribution in [-0.4, -0.2) is 18.2 Å². The normalized spacial score (nSPS) is 10.2. The van der Waals surface area contributed by atoms with Crippen LogP contribution in [0.2, 0.25) is 0 Å². The maximum Gasteiger partial charge on any atom is 0.338 e. The summed E-state index contributed by atoms with van der Waals surface area (Å²) in [5.41, 5.74) is -0.192. The van der Waals surface area contributed by atoms with Gasteiger partial charge in [0.1, 0.15) is 23.9 Å². The Labute approximate surface area is 129 Å². The van der Waals surface area contributed by atoms with E-state index in [1.165, 1.54) is 18.2 Å². The summed E-state index contributed by atoms with van der Waals surface area (Å²) >= 11 is 3.32. The maximum atomic E-state index is 14.0. The fourth-order valence-corrected chi connectivity index (χ4v) is 2.21. The molecule has 2 aromatic rings. The smallest absolute Gasteiger partial charge is 0.338 e. The van der Waals surface area contributed by atoms with Gasteiger partial charge in [-0.1, -0.05) is 12.1 Å². The summed E-state index contributed by atoms with van der Waals surface area (Å²) in [6.07, 6.45) is 0. The molecule has 21 heavy (non-hydrogen) atoms. The van der Waals surface area contributed by atoms with Crippen molar-refractivity contribution in [1.29, 1.82) is 0 Å². The van der Waals surface area contributed by atoms with E-state index in [9.17, 15) is 9.18 Å². The van der Waals surface area contributed by atoms with Crippen molar-refractivity contribution in [2.24, 2.45) is 0 Å². The SMILES string of the molecule is COc1ccc(OCc2cccc(C(=O)O)c2F)c(Br)c1. The second-order valence-corrected chi connectivity index (χ2v) is 5.02. The van der Waals surface area contributed by atoms with Crippen molar-refractivity contribution in [2.75, 3.05) is 7.11 Å². The molecular formula is C15H12BrFO4. The highest BCUT2D eigenvalue weighted by Crippen LogP contribution is 2.30. The number of ether oxygens (including phenoxy) is 2. The third-order valence-corrected chi connectivity index (χ3v) is 3.45. The van der Waals surface area contributed by atoms with Gasteiger partial charge in [-0.05, 0) is 40.2 Å². The van der Waals surface area contributed by atoms with Crippen molar-refractivity contribution in [3.05, 3.63) is 57.8 Å². The van der Waals surface area contributed by atoms with Gasteiger partial charge >= 0.3 is 5.97 Å². The lowest BCUT2D eigenvalue weighted by Gasteiger charge is -2.11. The van der Waals surface area contributed by atoms with Crippen LogP contribution in [-0.2, 0) is 6.61 Å². The lowest BCUT2D eigenvalue weighted by molar-refractivity contribution is 0.0691. The number of hydrogen-bond donors (Lipinski definition) is 1. The largest absolute Gasteiger partial charge is 0.497 e. The van der Waals surface area contributed by atoms with Gasteiger partial charge in [0.25, 0.3) is 0 Å². The second kappa shape index (κ2) is 6.58. The summed E-state index contributed by atoms with van der Waals surface area (Å²) in [4.78, 5) is 10.9. The Balaban J connectivity index is 2.17. The molecule has 1 N–H and O–H groups in total. The van der Waals surface area contributed by atoms with Gasteiger partial charge in [0, 0.05) is 5.56 Å². The molecule has 0 radical (unpaired) electrons. The van der Waals surface area contributed by atoms with Crippen molar-refractivity contribution in [1.82, 2.24) is 0 Å². The van der Waals surface area contributed by atoms with E-state index >= 15 is 0 Å². The number of rotatable bonds is 5. The average Bonchev–Trinajstić information content (AvgIpc) is 2.46. The molecule has 0 spiro atoms. The first-order chi connectivity index (χ1) is 10.0. The second-order valence-electron chi connectivity index (χ2n) is 4.17. The van der Waals surface area contributed by atoms with Crippen LogP contribution in [0.4, 0.5) is 4.39 Å². The highest BCUT2D eigenvalue weighted by Gasteiger charge is 2.14. The standard InChI is InChI=1S/C15H12BrFO4/c1-20-10-5-6-13(12(16)7-10)21-8-9-3-2-4-11(14(9)17)15(18)19/h2-7H,8H2,1H3,(H,18,19). The zero-order valence-corrected chi connectivity index (χ0v) is 12.7. The number of carboxylic acid groups (broad SMARTS) is 1. The highest BCUT2D eigenvalue weighted by atomic mass is 79.9. The zero-order chi connectivity index (χ0) is 15.4. The Morgan fingerprint density at radius 2 is 2.10 bits per heavy atom. The van der Waals surface area contributed by atoms with Crippen LogP contribution in [0.5, 0.6) is 11.5 Å². The Kier molecular flexibility index (Phi) is 4.80. The predicted molar refractivity (Wildman–Crippen MR) is 78.4 cm³/mol. The maximum absolute atomic E-state index is 14.0. The fourth-order valence-electron chi connectivity index (χ4n) is 1.74. The summed E-state index contributed by atoms with van der Waals surface area (Å²) in [7, 11) is 1.55. The summed E-state index contributed by atoms with van der Waals surface area (Å²) in [5.74, 6) is -0.918. The fraction of sp³-hybridized carbons (Fsp3) is 0.133. The molecule has 0 saturated heterocycles. The van der Waals surface area contributed by atoms with E-state index in [4.69, 9.17) is 14.6 Å². The van der Waals surface area contributed by atoms with Crippen LogP contribution >= 0.6 is 15.9 Å². The van der Waals surface area contributed by atoms with Crippen LogP contribution in [0, 0.1) is 5.82 Å². The van der Waals surface area contributed by atoms with Crippen molar-refractivity contribution in [2.45, 2.75) is 6.61 Å². The first kappa shape index (κ1) is 15.3. The molecule has 4 nitrogen and oxygen atoms in total. The van der Waals surface area contributed by atoms with Gasteiger partial charge in [0.05, 0.1) is 17.1 Å². The van der Waals surface area contributed by atoms with Crippen LogP contribution in [0.25, 0.3) is 0 Å². The molecule has 6 heteroatoms. The highest BCUT2D eigenvalue weighted by molar-refractivity contribution is 9.10. The monoisotopic (exact) mass is 354 g/mol. The molecule has 0 unspecified atom stereocenters. The van der Waals surface area contributed by atoms with Gasteiger partial charge in [0.15, 0.2) is 0 Å². The Hall–Kier alpha value is -2.08. The van der Waals surface area contributed by atoms with E-state index < -0.39 is 11.8 Å². The molecule has 0 fully saturated rings. The van der Waals surface area contributed by atoms with Gasteiger partial charge in [0.2, 0.25) is 0 Å². The van der Waals surface area contributed by atoms with Gasteiger partial charge < -0.3 is 14.6 Å². The summed E-state index contributed by atoms with van der Waals surface area (Å²) in [6, 6.07) is 9.29. The Morgan fingerprint density at radius 1 is 1.33 bits per heavy atom. The zero-order valence-electron chi connectivity index (χ0n) is 11.1. The number of methoxy groups -OCH3 is 1. The molecule has 0 aliphatic carbocycles. The molecule has 2 aromatic carbocycles. The van der Waals surface area contributed by atoms with Crippen LogP contribution in [0.15, 0.2) is 40.9 Å². The Bertz CT molecular complexity index is 673. The lowest BCUT2D eigenvalue weighted by Crippen LogP contribution is -2.06. The van der Waals surface area contributed by atoms with E-state index in [0.29, 0.717) is 16.0 Å². The molecule has 0 aliphatic rings. The van der Waals surface area contributed by atoms with Gasteiger partial charge in [-0.15, -0.1) is 0 Å². The molecule has 0 heterocycles. The summed E-state index contributed by atoms with van der Waals surface area (Å²) in [6.45, 7) is -0.0715. The topological polar surface area (TPSA) is 55.8 Å². The first-order valence-electron chi connectivity index (χ1n) is 6.00.